The molecule has 33 heavy (non-hydrogen) atoms. The van der Waals surface area contributed by atoms with E-state index < -0.39 is 0 Å². The molecule has 2 aromatic rings. The van der Waals surface area contributed by atoms with Gasteiger partial charge in [0, 0.05) is 22.7 Å². The molecule has 0 aliphatic rings. The highest BCUT2D eigenvalue weighted by Crippen LogP contribution is 2.24. The van der Waals surface area contributed by atoms with Crippen LogP contribution in [-0.2, 0) is 17.6 Å². The zero-order valence-electron chi connectivity index (χ0n) is 20.8. The van der Waals surface area contributed by atoms with E-state index in [-0.39, 0.29) is 0 Å². The summed E-state index contributed by atoms with van der Waals surface area (Å²) in [4.78, 5) is 0. The fourth-order valence-corrected chi connectivity index (χ4v) is 4.42. The number of rotatable bonds is 16. The van der Waals surface area contributed by atoms with Crippen LogP contribution in [0.15, 0.2) is 36.4 Å². The number of anilines is 4. The van der Waals surface area contributed by atoms with Gasteiger partial charge in [0.15, 0.2) is 0 Å². The van der Waals surface area contributed by atoms with E-state index in [0.29, 0.717) is 12.2 Å². The van der Waals surface area contributed by atoms with E-state index in [1.165, 1.54) is 36.8 Å². The second-order valence-electron chi connectivity index (χ2n) is 9.37. The molecule has 0 radical (unpaired) electrons. The molecule has 0 aliphatic heterocycles. The molecule has 0 spiro atoms. The first-order chi connectivity index (χ1) is 15.9. The topological polar surface area (TPSA) is 113 Å². The molecule has 0 saturated heterocycles. The molecule has 0 amide bonds. The van der Waals surface area contributed by atoms with Crippen molar-refractivity contribution in [1.29, 1.82) is 0 Å². The van der Waals surface area contributed by atoms with Gasteiger partial charge < -0.3 is 27.7 Å². The summed E-state index contributed by atoms with van der Waals surface area (Å²) in [6.45, 7) is 4.50. The number of hydrogen-bond donors (Lipinski definition) is 4. The van der Waals surface area contributed by atoms with Gasteiger partial charge in [-0.05, 0) is 86.8 Å². The molecule has 0 heterocycles. The van der Waals surface area contributed by atoms with E-state index >= 15 is 0 Å². The molecule has 5 heteroatoms. The molecular formula is C28H46N4O. The van der Waals surface area contributed by atoms with Gasteiger partial charge in [0.2, 0.25) is 0 Å². The van der Waals surface area contributed by atoms with Gasteiger partial charge >= 0.3 is 0 Å². The Balaban J connectivity index is 1.90. The maximum Gasteiger partial charge on any atom is 0.0579 e. The number of ether oxygens (including phenoxy) is 1. The van der Waals surface area contributed by atoms with Crippen molar-refractivity contribution in [2.45, 2.75) is 103 Å². The van der Waals surface area contributed by atoms with Gasteiger partial charge in [-0.15, -0.1) is 0 Å². The van der Waals surface area contributed by atoms with Crippen LogP contribution in [0.1, 0.15) is 89.2 Å². The number of nitrogen functional groups attached to an aromatic ring is 4. The van der Waals surface area contributed by atoms with Crippen molar-refractivity contribution in [3.63, 3.8) is 0 Å². The maximum atomic E-state index is 6.73. The Bertz CT molecular complexity index is 756. The second kappa shape index (κ2) is 14.7. The number of hydrogen-bond acceptors (Lipinski definition) is 5. The van der Waals surface area contributed by atoms with Crippen LogP contribution in [0.25, 0.3) is 0 Å². The molecule has 2 rings (SSSR count). The summed E-state index contributed by atoms with van der Waals surface area (Å²) in [7, 11) is 0. The Morgan fingerprint density at radius 1 is 0.606 bits per heavy atom. The van der Waals surface area contributed by atoms with Crippen molar-refractivity contribution in [3.8, 4) is 0 Å². The van der Waals surface area contributed by atoms with Crippen molar-refractivity contribution >= 4 is 22.7 Å². The SMILES string of the molecule is CCCCC(CCCc1ccc(N)cc1N)OC(CCCC)CCCc1ccc(N)cc1N. The van der Waals surface area contributed by atoms with Gasteiger partial charge in [-0.3, -0.25) is 0 Å². The lowest BCUT2D eigenvalue weighted by Crippen LogP contribution is -2.23. The highest BCUT2D eigenvalue weighted by Gasteiger charge is 2.17. The predicted molar refractivity (Wildman–Crippen MR) is 144 cm³/mol. The number of aryl methyl sites for hydroxylation is 2. The van der Waals surface area contributed by atoms with Crippen molar-refractivity contribution in [2.24, 2.45) is 0 Å². The molecular weight excluding hydrogens is 408 g/mol. The molecule has 0 saturated carbocycles. The molecule has 5 nitrogen and oxygen atoms in total. The number of benzene rings is 2. The average Bonchev–Trinajstić information content (AvgIpc) is 2.78. The summed E-state index contributed by atoms with van der Waals surface area (Å²) < 4.78 is 6.73. The van der Waals surface area contributed by atoms with Crippen LogP contribution in [0.3, 0.4) is 0 Å². The summed E-state index contributed by atoms with van der Waals surface area (Å²) in [5, 5.41) is 0. The van der Waals surface area contributed by atoms with Crippen LogP contribution in [0.4, 0.5) is 22.7 Å². The van der Waals surface area contributed by atoms with Crippen molar-refractivity contribution in [1.82, 2.24) is 0 Å². The van der Waals surface area contributed by atoms with E-state index in [0.717, 1.165) is 74.1 Å². The van der Waals surface area contributed by atoms with Gasteiger partial charge in [-0.2, -0.15) is 0 Å². The summed E-state index contributed by atoms with van der Waals surface area (Å²) >= 11 is 0. The molecule has 2 aromatic carbocycles. The minimum absolute atomic E-state index is 0.309. The predicted octanol–water partition coefficient (Wildman–Crippen LogP) is 6.50. The Morgan fingerprint density at radius 3 is 1.36 bits per heavy atom. The Hall–Kier alpha value is -2.40. The third-order valence-corrected chi connectivity index (χ3v) is 6.43. The first-order valence-electron chi connectivity index (χ1n) is 12.9. The minimum atomic E-state index is 0.309. The molecule has 0 fully saturated rings. The molecule has 0 aliphatic carbocycles. The maximum absolute atomic E-state index is 6.73. The van der Waals surface area contributed by atoms with Crippen molar-refractivity contribution in [2.75, 3.05) is 22.9 Å². The molecule has 0 bridgehead atoms. The highest BCUT2D eigenvalue weighted by atomic mass is 16.5. The van der Waals surface area contributed by atoms with Crippen LogP contribution in [-0.4, -0.2) is 12.2 Å². The highest BCUT2D eigenvalue weighted by molar-refractivity contribution is 5.57. The lowest BCUT2D eigenvalue weighted by Gasteiger charge is -2.26. The van der Waals surface area contributed by atoms with Gasteiger partial charge in [0.05, 0.1) is 12.2 Å². The Morgan fingerprint density at radius 2 is 1.00 bits per heavy atom. The van der Waals surface area contributed by atoms with Crippen molar-refractivity contribution in [3.05, 3.63) is 47.5 Å². The van der Waals surface area contributed by atoms with E-state index in [1.54, 1.807) is 0 Å². The molecule has 2 atom stereocenters. The molecule has 184 valence electrons. The molecule has 2 unspecified atom stereocenters. The van der Waals surface area contributed by atoms with E-state index in [1.807, 2.05) is 24.3 Å². The average molecular weight is 455 g/mol. The van der Waals surface area contributed by atoms with E-state index in [2.05, 4.69) is 26.0 Å². The largest absolute Gasteiger partial charge is 0.399 e. The standard InChI is InChI=1S/C28H46N4O/c1-3-5-11-25(13-7-9-21-15-17-23(29)19-27(21)31)33-26(12-6-4-2)14-8-10-22-16-18-24(30)20-28(22)32/h15-20,25-26H,3-14,29-32H2,1-2H3. The lowest BCUT2D eigenvalue weighted by atomic mass is 9.99. The summed E-state index contributed by atoms with van der Waals surface area (Å²) in [5.41, 5.74) is 29.4. The van der Waals surface area contributed by atoms with Crippen LogP contribution < -0.4 is 22.9 Å². The van der Waals surface area contributed by atoms with Crippen LogP contribution in [0.5, 0.6) is 0 Å². The Kier molecular flexibility index (Phi) is 12.0. The molecule has 8 N–H and O–H groups in total. The third-order valence-electron chi connectivity index (χ3n) is 6.43. The third kappa shape index (κ3) is 9.95. The van der Waals surface area contributed by atoms with E-state index in [4.69, 9.17) is 27.7 Å². The van der Waals surface area contributed by atoms with Crippen LogP contribution in [0, 0.1) is 0 Å². The molecule has 0 aromatic heterocycles. The zero-order valence-corrected chi connectivity index (χ0v) is 20.8. The number of unbranched alkanes of at least 4 members (excludes halogenated alkanes) is 2. The summed E-state index contributed by atoms with van der Waals surface area (Å²) in [6.07, 6.45) is 13.9. The van der Waals surface area contributed by atoms with Crippen molar-refractivity contribution < 1.29 is 4.74 Å². The fraction of sp³-hybridized carbons (Fsp3) is 0.571. The fourth-order valence-electron chi connectivity index (χ4n) is 4.42. The minimum Gasteiger partial charge on any atom is -0.399 e. The number of nitrogens with two attached hydrogens (primary N) is 4. The Labute approximate surface area is 201 Å². The van der Waals surface area contributed by atoms with Crippen LogP contribution in [0.2, 0.25) is 0 Å². The second-order valence-corrected chi connectivity index (χ2v) is 9.37. The first kappa shape index (κ1) is 26.8. The van der Waals surface area contributed by atoms with Gasteiger partial charge in [-0.1, -0.05) is 51.7 Å². The zero-order chi connectivity index (χ0) is 24.1. The first-order valence-corrected chi connectivity index (χ1v) is 12.9. The van der Waals surface area contributed by atoms with Gasteiger partial charge in [-0.25, -0.2) is 0 Å². The quantitative estimate of drug-likeness (QED) is 0.216. The smallest absolute Gasteiger partial charge is 0.0579 e. The summed E-state index contributed by atoms with van der Waals surface area (Å²) in [5.74, 6) is 0. The summed E-state index contributed by atoms with van der Waals surface area (Å²) in [6, 6.07) is 11.7. The van der Waals surface area contributed by atoms with Crippen LogP contribution >= 0.6 is 0 Å². The lowest BCUT2D eigenvalue weighted by molar-refractivity contribution is -0.0315. The normalized spacial score (nSPS) is 13.2. The van der Waals surface area contributed by atoms with Gasteiger partial charge in [0.25, 0.3) is 0 Å². The van der Waals surface area contributed by atoms with E-state index in [9.17, 15) is 0 Å². The monoisotopic (exact) mass is 454 g/mol. The van der Waals surface area contributed by atoms with Gasteiger partial charge in [0.1, 0.15) is 0 Å².